The van der Waals surface area contributed by atoms with E-state index in [1.54, 1.807) is 23.1 Å². The Hall–Kier alpha value is -1.57. The van der Waals surface area contributed by atoms with Crippen LogP contribution in [0.3, 0.4) is 0 Å². The van der Waals surface area contributed by atoms with Crippen LogP contribution < -0.4 is 4.18 Å². The molecule has 0 aliphatic heterocycles. The zero-order valence-corrected chi connectivity index (χ0v) is 17.3. The first-order valence-electron chi connectivity index (χ1n) is 8.32. The monoisotopic (exact) mass is 415 g/mol. The largest absolute Gasteiger partial charge is 0.382 e. The van der Waals surface area contributed by atoms with Gasteiger partial charge < -0.3 is 9.08 Å². The number of thiophene rings is 1. The minimum absolute atomic E-state index is 0.0285. The van der Waals surface area contributed by atoms with Gasteiger partial charge in [-0.1, -0.05) is 24.6 Å². The average molecular weight is 416 g/mol. The third-order valence-corrected chi connectivity index (χ3v) is 6.28. The van der Waals surface area contributed by atoms with Crippen LogP contribution in [0.5, 0.6) is 5.75 Å². The molecule has 0 saturated heterocycles. The molecule has 5 nitrogen and oxygen atoms in total. The number of hydrogen-bond acceptors (Lipinski definition) is 5. The molecule has 1 atom stereocenters. The third kappa shape index (κ3) is 5.22. The first kappa shape index (κ1) is 20.7. The molecule has 1 amide bonds. The molecule has 0 unspecified atom stereocenters. The Balaban J connectivity index is 2.38. The molecule has 8 heteroatoms. The lowest BCUT2D eigenvalue weighted by atomic mass is 10.1. The van der Waals surface area contributed by atoms with Gasteiger partial charge in [0.2, 0.25) is 0 Å². The molecule has 0 aliphatic rings. The number of hydrogen-bond donors (Lipinski definition) is 0. The number of benzene rings is 1. The van der Waals surface area contributed by atoms with Crippen LogP contribution in [-0.2, 0) is 16.7 Å². The first-order valence-corrected chi connectivity index (χ1v) is 11.2. The standard InChI is InChI=1S/C18H22ClNO4S2/c1-4-13(3)20(18(21)17-7-6-10-25-17)12-14-11-15(19)8-9-16(14)24-26(22,23)5-2/h6-11,13H,4-5,12H2,1-3H3/t13-/m1/s1. The highest BCUT2D eigenvalue weighted by molar-refractivity contribution is 7.87. The van der Waals surface area contributed by atoms with Crippen LogP contribution in [0.4, 0.5) is 0 Å². The van der Waals surface area contributed by atoms with Crippen LogP contribution in [0, 0.1) is 0 Å². The highest BCUT2D eigenvalue weighted by Crippen LogP contribution is 2.28. The van der Waals surface area contributed by atoms with Crippen molar-refractivity contribution in [2.45, 2.75) is 39.8 Å². The number of carbonyl (C=O) groups excluding carboxylic acids is 1. The molecule has 0 saturated carbocycles. The molecule has 26 heavy (non-hydrogen) atoms. The summed E-state index contributed by atoms with van der Waals surface area (Å²) in [6, 6.07) is 8.31. The molecule has 142 valence electrons. The summed E-state index contributed by atoms with van der Waals surface area (Å²) in [4.78, 5) is 15.2. The molecule has 0 fully saturated rings. The van der Waals surface area contributed by atoms with Gasteiger partial charge in [-0.3, -0.25) is 4.79 Å². The summed E-state index contributed by atoms with van der Waals surface area (Å²) in [6.07, 6.45) is 0.765. The van der Waals surface area contributed by atoms with Gasteiger partial charge >= 0.3 is 10.1 Å². The maximum atomic E-state index is 12.9. The highest BCUT2D eigenvalue weighted by Gasteiger charge is 2.24. The fourth-order valence-corrected chi connectivity index (χ4v) is 3.75. The van der Waals surface area contributed by atoms with Crippen molar-refractivity contribution >= 4 is 39.0 Å². The van der Waals surface area contributed by atoms with Gasteiger partial charge in [0.25, 0.3) is 5.91 Å². The topological polar surface area (TPSA) is 63.7 Å². The van der Waals surface area contributed by atoms with Gasteiger partial charge in [-0.15, -0.1) is 11.3 Å². The molecule has 1 aromatic heterocycles. The third-order valence-electron chi connectivity index (χ3n) is 4.05. The van der Waals surface area contributed by atoms with Crippen LogP contribution >= 0.6 is 22.9 Å². The Kier molecular flexibility index (Phi) is 7.08. The number of nitrogens with zero attached hydrogens (tertiary/aromatic N) is 1. The molecule has 0 bridgehead atoms. The van der Waals surface area contributed by atoms with Crippen molar-refractivity contribution in [1.82, 2.24) is 4.90 Å². The Bertz CT molecular complexity index is 850. The van der Waals surface area contributed by atoms with Crippen molar-refractivity contribution in [1.29, 1.82) is 0 Å². The van der Waals surface area contributed by atoms with E-state index in [0.717, 1.165) is 6.42 Å². The van der Waals surface area contributed by atoms with E-state index in [1.807, 2.05) is 25.3 Å². The highest BCUT2D eigenvalue weighted by atomic mass is 35.5. The van der Waals surface area contributed by atoms with Gasteiger partial charge in [0, 0.05) is 16.6 Å². The van der Waals surface area contributed by atoms with Crippen molar-refractivity contribution in [3.05, 3.63) is 51.2 Å². The van der Waals surface area contributed by atoms with E-state index in [4.69, 9.17) is 15.8 Å². The summed E-state index contributed by atoms with van der Waals surface area (Å²) in [6.45, 7) is 5.67. The van der Waals surface area contributed by atoms with Gasteiger partial charge in [-0.05, 0) is 49.9 Å². The van der Waals surface area contributed by atoms with Crippen molar-refractivity contribution in [3.63, 3.8) is 0 Å². The van der Waals surface area contributed by atoms with Crippen molar-refractivity contribution in [2.75, 3.05) is 5.75 Å². The van der Waals surface area contributed by atoms with E-state index in [-0.39, 0.29) is 30.0 Å². The Morgan fingerprint density at radius 2 is 2.04 bits per heavy atom. The van der Waals surface area contributed by atoms with E-state index >= 15 is 0 Å². The SMILES string of the molecule is CC[C@@H](C)N(Cc1cc(Cl)ccc1OS(=O)(=O)CC)C(=O)c1cccs1. The van der Waals surface area contributed by atoms with Crippen molar-refractivity contribution < 1.29 is 17.4 Å². The van der Waals surface area contributed by atoms with Gasteiger partial charge in [0.1, 0.15) is 5.75 Å². The molecular weight excluding hydrogens is 394 g/mol. The summed E-state index contributed by atoms with van der Waals surface area (Å²) in [7, 11) is -3.68. The predicted molar refractivity (Wildman–Crippen MR) is 105 cm³/mol. The average Bonchev–Trinajstić information content (AvgIpc) is 3.15. The normalized spacial score (nSPS) is 12.6. The zero-order valence-electron chi connectivity index (χ0n) is 14.9. The van der Waals surface area contributed by atoms with Crippen molar-refractivity contribution in [2.24, 2.45) is 0 Å². The van der Waals surface area contributed by atoms with Crippen LogP contribution in [-0.4, -0.2) is 31.0 Å². The number of carbonyl (C=O) groups is 1. The lowest BCUT2D eigenvalue weighted by molar-refractivity contribution is 0.0676. The molecular formula is C18H22ClNO4S2. The van der Waals surface area contributed by atoms with E-state index < -0.39 is 10.1 Å². The van der Waals surface area contributed by atoms with Crippen LogP contribution in [0.2, 0.25) is 5.02 Å². The Labute approximate surface area is 163 Å². The fraction of sp³-hybridized carbons (Fsp3) is 0.389. The van der Waals surface area contributed by atoms with Gasteiger partial charge in [0.15, 0.2) is 0 Å². The zero-order chi connectivity index (χ0) is 19.3. The molecule has 2 rings (SSSR count). The molecule has 2 aromatic rings. The summed E-state index contributed by atoms with van der Waals surface area (Å²) >= 11 is 7.47. The fourth-order valence-electron chi connectivity index (χ4n) is 2.32. The van der Waals surface area contributed by atoms with E-state index in [2.05, 4.69) is 0 Å². The lowest BCUT2D eigenvalue weighted by Crippen LogP contribution is -2.37. The van der Waals surface area contributed by atoms with Crippen LogP contribution in [0.1, 0.15) is 42.4 Å². The number of rotatable bonds is 8. The quantitative estimate of drug-likeness (QED) is 0.592. The first-order chi connectivity index (χ1) is 12.3. The van der Waals surface area contributed by atoms with E-state index in [0.29, 0.717) is 15.5 Å². The van der Waals surface area contributed by atoms with Crippen molar-refractivity contribution in [3.8, 4) is 5.75 Å². The van der Waals surface area contributed by atoms with E-state index in [9.17, 15) is 13.2 Å². The summed E-state index contributed by atoms with van der Waals surface area (Å²) in [5.74, 6) is -0.0414. The lowest BCUT2D eigenvalue weighted by Gasteiger charge is -2.29. The minimum atomic E-state index is -3.68. The van der Waals surface area contributed by atoms with Gasteiger partial charge in [0.05, 0.1) is 17.2 Å². The molecule has 1 aromatic carbocycles. The maximum Gasteiger partial charge on any atom is 0.308 e. The number of amides is 1. The molecule has 0 aliphatic carbocycles. The van der Waals surface area contributed by atoms with Gasteiger partial charge in [-0.2, -0.15) is 8.42 Å². The molecule has 1 heterocycles. The second kappa shape index (κ2) is 8.88. The summed E-state index contributed by atoms with van der Waals surface area (Å²) < 4.78 is 28.9. The van der Waals surface area contributed by atoms with Gasteiger partial charge in [-0.25, -0.2) is 0 Å². The summed E-state index contributed by atoms with van der Waals surface area (Å²) in [5, 5.41) is 2.30. The molecule has 0 spiro atoms. The Morgan fingerprint density at radius 1 is 1.31 bits per heavy atom. The summed E-state index contributed by atoms with van der Waals surface area (Å²) in [5.41, 5.74) is 0.555. The van der Waals surface area contributed by atoms with Crippen LogP contribution in [0.15, 0.2) is 35.7 Å². The second-order valence-corrected chi connectivity index (χ2v) is 9.09. The maximum absolute atomic E-state index is 12.9. The Morgan fingerprint density at radius 3 is 2.62 bits per heavy atom. The predicted octanol–water partition coefficient (Wildman–Crippen LogP) is 4.57. The van der Waals surface area contributed by atoms with E-state index in [1.165, 1.54) is 24.3 Å². The minimum Gasteiger partial charge on any atom is -0.382 e. The number of halogens is 1. The molecule has 0 N–H and O–H groups in total. The smallest absolute Gasteiger partial charge is 0.308 e. The molecule has 0 radical (unpaired) electrons. The van der Waals surface area contributed by atoms with Crippen LogP contribution in [0.25, 0.3) is 0 Å². The second-order valence-electron chi connectivity index (χ2n) is 5.85.